The number of carboxylic acid groups (broad SMARTS) is 1. The van der Waals surface area contributed by atoms with E-state index < -0.39 is 5.97 Å². The number of carbonyl (C=O) groups is 2. The number of carboxylic acids is 1. The van der Waals surface area contributed by atoms with E-state index in [2.05, 4.69) is 6.92 Å². The van der Waals surface area contributed by atoms with Gasteiger partial charge in [0.15, 0.2) is 0 Å². The molecule has 108 valence electrons. The smallest absolute Gasteiger partial charge is 0.306 e. The van der Waals surface area contributed by atoms with Crippen LogP contribution in [0.25, 0.3) is 0 Å². The normalized spacial score (nSPS) is 28.6. The largest absolute Gasteiger partial charge is 0.481 e. The van der Waals surface area contributed by atoms with Crippen LogP contribution in [0.3, 0.4) is 0 Å². The van der Waals surface area contributed by atoms with E-state index >= 15 is 0 Å². The first-order valence-electron chi connectivity index (χ1n) is 7.22. The number of rotatable bonds is 4. The zero-order chi connectivity index (χ0) is 13.8. The van der Waals surface area contributed by atoms with Crippen molar-refractivity contribution < 1.29 is 19.4 Å². The average molecular weight is 269 g/mol. The molecular formula is C14H23NO4. The van der Waals surface area contributed by atoms with Gasteiger partial charge in [0.05, 0.1) is 18.1 Å². The standard InChI is InChI=1S/C14H23NO4/c1-10-2-3-12(19-10)4-5-13(16)15-8-6-11(7-9-15)14(17)18/h10-12H,2-9H2,1H3,(H,17,18)/t10-,12-/m0/s1. The number of hydrogen-bond acceptors (Lipinski definition) is 3. The van der Waals surface area contributed by atoms with Crippen molar-refractivity contribution in [1.82, 2.24) is 4.90 Å². The second-order valence-corrected chi connectivity index (χ2v) is 5.68. The van der Waals surface area contributed by atoms with Crippen molar-refractivity contribution in [2.24, 2.45) is 5.92 Å². The van der Waals surface area contributed by atoms with Gasteiger partial charge in [-0.1, -0.05) is 0 Å². The minimum Gasteiger partial charge on any atom is -0.481 e. The highest BCUT2D eigenvalue weighted by molar-refractivity contribution is 5.77. The fourth-order valence-corrected chi connectivity index (χ4v) is 2.92. The van der Waals surface area contributed by atoms with Gasteiger partial charge in [-0.2, -0.15) is 0 Å². The second-order valence-electron chi connectivity index (χ2n) is 5.68. The van der Waals surface area contributed by atoms with Gasteiger partial charge in [-0.15, -0.1) is 0 Å². The van der Waals surface area contributed by atoms with E-state index in [0.717, 1.165) is 19.3 Å². The Balaban J connectivity index is 1.68. The van der Waals surface area contributed by atoms with Crippen molar-refractivity contribution in [3.05, 3.63) is 0 Å². The van der Waals surface area contributed by atoms with Crippen molar-refractivity contribution in [3.63, 3.8) is 0 Å². The summed E-state index contributed by atoms with van der Waals surface area (Å²) in [5.74, 6) is -0.865. The molecule has 0 bridgehead atoms. The highest BCUT2D eigenvalue weighted by Gasteiger charge is 2.28. The van der Waals surface area contributed by atoms with Crippen molar-refractivity contribution >= 4 is 11.9 Å². The van der Waals surface area contributed by atoms with Gasteiger partial charge in [-0.05, 0) is 39.0 Å². The predicted octanol–water partition coefficient (Wildman–Crippen LogP) is 1.66. The topological polar surface area (TPSA) is 66.8 Å². The van der Waals surface area contributed by atoms with Crippen molar-refractivity contribution in [3.8, 4) is 0 Å². The summed E-state index contributed by atoms with van der Waals surface area (Å²) in [5.41, 5.74) is 0. The molecular weight excluding hydrogens is 246 g/mol. The summed E-state index contributed by atoms with van der Waals surface area (Å²) >= 11 is 0. The van der Waals surface area contributed by atoms with Gasteiger partial charge >= 0.3 is 5.97 Å². The lowest BCUT2D eigenvalue weighted by molar-refractivity contribution is -0.145. The molecule has 0 saturated carbocycles. The molecule has 0 radical (unpaired) electrons. The van der Waals surface area contributed by atoms with Crippen LogP contribution in [0, 0.1) is 5.92 Å². The zero-order valence-corrected chi connectivity index (χ0v) is 11.5. The molecule has 2 atom stereocenters. The van der Waals surface area contributed by atoms with Gasteiger partial charge in [-0.25, -0.2) is 0 Å². The number of aliphatic carboxylic acids is 1. The molecule has 19 heavy (non-hydrogen) atoms. The monoisotopic (exact) mass is 269 g/mol. The number of piperidine rings is 1. The molecule has 2 heterocycles. The Kier molecular flexibility index (Phi) is 4.80. The summed E-state index contributed by atoms with van der Waals surface area (Å²) in [6, 6.07) is 0. The summed E-state index contributed by atoms with van der Waals surface area (Å²) < 4.78 is 5.70. The Morgan fingerprint density at radius 1 is 1.21 bits per heavy atom. The van der Waals surface area contributed by atoms with E-state index in [1.54, 1.807) is 4.90 Å². The van der Waals surface area contributed by atoms with Gasteiger partial charge in [0.1, 0.15) is 0 Å². The van der Waals surface area contributed by atoms with E-state index in [1.807, 2.05) is 0 Å². The van der Waals surface area contributed by atoms with Crippen molar-refractivity contribution in [2.45, 2.75) is 57.7 Å². The molecule has 1 N–H and O–H groups in total. The Hall–Kier alpha value is -1.10. The van der Waals surface area contributed by atoms with Gasteiger partial charge in [0.25, 0.3) is 0 Å². The third kappa shape index (κ3) is 3.93. The summed E-state index contributed by atoms with van der Waals surface area (Å²) in [5, 5.41) is 8.91. The molecule has 0 aromatic heterocycles. The number of hydrogen-bond donors (Lipinski definition) is 1. The molecule has 2 rings (SSSR count). The van der Waals surface area contributed by atoms with Crippen LogP contribution in [-0.4, -0.2) is 47.2 Å². The maximum atomic E-state index is 12.0. The van der Waals surface area contributed by atoms with Crippen LogP contribution in [0.5, 0.6) is 0 Å². The van der Waals surface area contributed by atoms with Crippen LogP contribution in [0.1, 0.15) is 45.4 Å². The quantitative estimate of drug-likeness (QED) is 0.843. The third-order valence-electron chi connectivity index (χ3n) is 4.20. The van der Waals surface area contributed by atoms with Crippen LogP contribution >= 0.6 is 0 Å². The Morgan fingerprint density at radius 2 is 1.89 bits per heavy atom. The second kappa shape index (κ2) is 6.37. The van der Waals surface area contributed by atoms with Crippen molar-refractivity contribution in [1.29, 1.82) is 0 Å². The van der Waals surface area contributed by atoms with Crippen LogP contribution in [-0.2, 0) is 14.3 Å². The van der Waals surface area contributed by atoms with Crippen LogP contribution in [0.2, 0.25) is 0 Å². The molecule has 0 aliphatic carbocycles. The Morgan fingerprint density at radius 3 is 2.42 bits per heavy atom. The average Bonchev–Trinajstić information content (AvgIpc) is 2.82. The van der Waals surface area contributed by atoms with Crippen LogP contribution in [0.4, 0.5) is 0 Å². The van der Waals surface area contributed by atoms with Crippen LogP contribution < -0.4 is 0 Å². The first kappa shape index (κ1) is 14.3. The first-order chi connectivity index (χ1) is 9.06. The predicted molar refractivity (Wildman–Crippen MR) is 69.7 cm³/mol. The molecule has 5 nitrogen and oxygen atoms in total. The summed E-state index contributed by atoms with van der Waals surface area (Å²) in [6.07, 6.45) is 5.17. The lowest BCUT2D eigenvalue weighted by Gasteiger charge is -2.30. The minimum absolute atomic E-state index is 0.145. The molecule has 2 fully saturated rings. The number of amides is 1. The molecule has 0 aromatic rings. The van der Waals surface area contributed by atoms with E-state index in [0.29, 0.717) is 38.5 Å². The lowest BCUT2D eigenvalue weighted by atomic mass is 9.97. The SMILES string of the molecule is C[C@H]1CC[C@@H](CCC(=O)N2CCC(C(=O)O)CC2)O1. The number of likely N-dealkylation sites (tertiary alicyclic amines) is 1. The molecule has 2 aliphatic rings. The first-order valence-corrected chi connectivity index (χ1v) is 7.22. The van der Waals surface area contributed by atoms with Gasteiger partial charge in [0.2, 0.25) is 5.91 Å². The Labute approximate surface area is 113 Å². The number of carbonyl (C=O) groups excluding carboxylic acids is 1. The fraction of sp³-hybridized carbons (Fsp3) is 0.857. The molecule has 0 aromatic carbocycles. The van der Waals surface area contributed by atoms with Gasteiger partial charge < -0.3 is 14.7 Å². The summed E-state index contributed by atoms with van der Waals surface area (Å²) in [7, 11) is 0. The molecule has 5 heteroatoms. The highest BCUT2D eigenvalue weighted by atomic mass is 16.5. The van der Waals surface area contributed by atoms with Crippen LogP contribution in [0.15, 0.2) is 0 Å². The molecule has 0 spiro atoms. The fourth-order valence-electron chi connectivity index (χ4n) is 2.92. The Bertz CT molecular complexity index is 336. The molecule has 1 amide bonds. The van der Waals surface area contributed by atoms with E-state index in [9.17, 15) is 9.59 Å². The van der Waals surface area contributed by atoms with Crippen molar-refractivity contribution in [2.75, 3.05) is 13.1 Å². The molecule has 0 unspecified atom stereocenters. The lowest BCUT2D eigenvalue weighted by Crippen LogP contribution is -2.40. The summed E-state index contributed by atoms with van der Waals surface area (Å²) in [4.78, 5) is 24.7. The van der Waals surface area contributed by atoms with Gasteiger partial charge in [-0.3, -0.25) is 9.59 Å². The zero-order valence-electron chi connectivity index (χ0n) is 11.5. The third-order valence-corrected chi connectivity index (χ3v) is 4.20. The molecule has 2 saturated heterocycles. The van der Waals surface area contributed by atoms with E-state index in [4.69, 9.17) is 9.84 Å². The number of ether oxygens (including phenoxy) is 1. The maximum Gasteiger partial charge on any atom is 0.306 e. The van der Waals surface area contributed by atoms with E-state index in [-0.39, 0.29) is 17.9 Å². The van der Waals surface area contributed by atoms with Gasteiger partial charge in [0, 0.05) is 19.5 Å². The number of nitrogens with zero attached hydrogens (tertiary/aromatic N) is 1. The summed E-state index contributed by atoms with van der Waals surface area (Å²) in [6.45, 7) is 3.23. The minimum atomic E-state index is -0.736. The highest BCUT2D eigenvalue weighted by Crippen LogP contribution is 2.24. The maximum absolute atomic E-state index is 12.0. The molecule has 2 aliphatic heterocycles. The van der Waals surface area contributed by atoms with E-state index in [1.165, 1.54) is 0 Å².